The Labute approximate surface area is 119 Å². The van der Waals surface area contributed by atoms with Crippen LogP contribution in [-0.2, 0) is 6.54 Å². The van der Waals surface area contributed by atoms with E-state index in [0.29, 0.717) is 12.9 Å². The number of aromatic nitrogens is 2. The third-order valence-electron chi connectivity index (χ3n) is 2.73. The molecule has 3 aromatic rings. The molecule has 4 nitrogen and oxygen atoms in total. The maximum absolute atomic E-state index is 5.31. The maximum atomic E-state index is 5.31. The smallest absolute Gasteiger partial charge is 0.122 e. The lowest BCUT2D eigenvalue weighted by Gasteiger charge is -2.06. The fourth-order valence-corrected chi connectivity index (χ4v) is 3.41. The van der Waals surface area contributed by atoms with Crippen LogP contribution in [0.4, 0.5) is 5.69 Å². The Kier molecular flexibility index (Phi) is 3.52. The number of furan rings is 1. The summed E-state index contributed by atoms with van der Waals surface area (Å²) in [6, 6.07) is 10.1. The van der Waals surface area contributed by atoms with Gasteiger partial charge >= 0.3 is 0 Å². The van der Waals surface area contributed by atoms with Gasteiger partial charge in [0.2, 0.25) is 0 Å². The van der Waals surface area contributed by atoms with Gasteiger partial charge in [0.15, 0.2) is 0 Å². The fourth-order valence-electron chi connectivity index (χ4n) is 1.87. The third-order valence-corrected chi connectivity index (χ3v) is 4.61. The van der Waals surface area contributed by atoms with E-state index in [4.69, 9.17) is 4.42 Å². The van der Waals surface area contributed by atoms with E-state index in [-0.39, 0.29) is 0 Å². The van der Waals surface area contributed by atoms with Crippen molar-refractivity contribution in [3.05, 3.63) is 48.6 Å². The predicted octanol–water partition coefficient (Wildman–Crippen LogP) is 4.03. The zero-order chi connectivity index (χ0) is 12.4. The van der Waals surface area contributed by atoms with E-state index in [1.807, 2.05) is 28.8 Å². The van der Waals surface area contributed by atoms with Gasteiger partial charge < -0.3 is 9.73 Å². The van der Waals surface area contributed by atoms with E-state index in [1.54, 1.807) is 6.26 Å². The number of nitrogens with one attached hydrogen (secondary N) is 1. The highest BCUT2D eigenvalue weighted by atomic mass is 127. The van der Waals surface area contributed by atoms with Gasteiger partial charge in [0, 0.05) is 11.1 Å². The molecule has 3 rings (SSSR count). The van der Waals surface area contributed by atoms with Crippen molar-refractivity contribution in [1.29, 1.82) is 0 Å². The first-order chi connectivity index (χ1) is 8.88. The number of benzene rings is 1. The van der Waals surface area contributed by atoms with Gasteiger partial charge in [-0.3, -0.25) is 0 Å². The van der Waals surface area contributed by atoms with E-state index < -0.39 is 0 Å². The van der Waals surface area contributed by atoms with Crippen LogP contribution in [0.25, 0.3) is 10.9 Å². The summed E-state index contributed by atoms with van der Waals surface area (Å²) in [5, 5.41) is 8.91. The fraction of sp³-hybridized carbons (Fsp3) is 0.0833. The molecule has 0 radical (unpaired) electrons. The van der Waals surface area contributed by atoms with E-state index in [9.17, 15) is 0 Å². The van der Waals surface area contributed by atoms with E-state index >= 15 is 0 Å². The summed E-state index contributed by atoms with van der Waals surface area (Å²) in [6.45, 7) is 0.684. The largest absolute Gasteiger partial charge is 0.467 e. The molecular weight excluding hydrogens is 360 g/mol. The lowest BCUT2D eigenvalue weighted by molar-refractivity contribution is 0.518. The van der Waals surface area contributed by atoms with E-state index in [0.717, 1.165) is 22.4 Å². The van der Waals surface area contributed by atoms with Gasteiger partial charge in [0.05, 0.1) is 30.9 Å². The van der Waals surface area contributed by atoms with Crippen LogP contribution in [0.3, 0.4) is 0 Å². The molecule has 0 amide bonds. The molecule has 0 aliphatic rings. The Morgan fingerprint density at radius 2 is 2.28 bits per heavy atom. The highest BCUT2D eigenvalue weighted by Crippen LogP contribution is 2.31. The summed E-state index contributed by atoms with van der Waals surface area (Å²) in [6.07, 6.45) is 4.21. The van der Waals surface area contributed by atoms with Gasteiger partial charge in [-0.2, -0.15) is 5.10 Å². The second kappa shape index (κ2) is 5.28. The highest BCUT2D eigenvalue weighted by Gasteiger charge is 2.06. The molecule has 2 heterocycles. The topological polar surface area (TPSA) is 43.0 Å². The Hall–Kier alpha value is -1.07. The van der Waals surface area contributed by atoms with E-state index in [2.05, 4.69) is 44.6 Å². The van der Waals surface area contributed by atoms with Crippen molar-refractivity contribution < 1.29 is 4.42 Å². The number of anilines is 1. The van der Waals surface area contributed by atoms with Crippen molar-refractivity contribution in [3.8, 4) is 0 Å². The van der Waals surface area contributed by atoms with Gasteiger partial charge in [-0.05, 0) is 46.3 Å². The first-order valence-electron chi connectivity index (χ1n) is 5.48. The van der Waals surface area contributed by atoms with Crippen molar-refractivity contribution in [3.63, 3.8) is 0 Å². The average molecular weight is 371 g/mol. The van der Waals surface area contributed by atoms with Crippen LogP contribution in [0, 0.1) is 0 Å². The Morgan fingerprint density at radius 3 is 3.06 bits per heavy atom. The molecule has 0 saturated carbocycles. The molecule has 18 heavy (non-hydrogen) atoms. The maximum Gasteiger partial charge on any atom is 0.122 e. The zero-order valence-corrected chi connectivity index (χ0v) is 12.6. The summed E-state index contributed by atoms with van der Waals surface area (Å²) < 4.78 is 7.32. The molecule has 6 heteroatoms. The number of hydrogen-bond donors (Lipinski definition) is 1. The van der Waals surface area contributed by atoms with E-state index in [1.165, 1.54) is 0 Å². The zero-order valence-electron chi connectivity index (χ0n) is 9.43. The molecule has 1 N–H and O–H groups in total. The van der Waals surface area contributed by atoms with Crippen molar-refractivity contribution in [1.82, 2.24) is 9.55 Å². The quantitative estimate of drug-likeness (QED) is 0.556. The number of halogens is 1. The second-order valence-corrected chi connectivity index (χ2v) is 5.85. The first kappa shape index (κ1) is 12.0. The monoisotopic (exact) mass is 371 g/mol. The molecule has 0 fully saturated rings. The van der Waals surface area contributed by atoms with Crippen molar-refractivity contribution >= 4 is 45.0 Å². The van der Waals surface area contributed by atoms with Gasteiger partial charge in [-0.15, -0.1) is 0 Å². The summed E-state index contributed by atoms with van der Waals surface area (Å²) in [4.78, 5) is 0. The minimum absolute atomic E-state index is 0.614. The Bertz CT molecular complexity index is 650. The van der Waals surface area contributed by atoms with Crippen LogP contribution in [0.2, 0.25) is 0 Å². The molecule has 1 unspecified atom stereocenters. The lowest BCUT2D eigenvalue weighted by atomic mass is 10.2. The molecule has 0 saturated heterocycles. The molecule has 1 aromatic carbocycles. The van der Waals surface area contributed by atoms with Gasteiger partial charge in [-0.25, -0.2) is 4.45 Å². The van der Waals surface area contributed by atoms with Crippen LogP contribution in [0.5, 0.6) is 0 Å². The van der Waals surface area contributed by atoms with Crippen LogP contribution >= 0.6 is 28.4 Å². The van der Waals surface area contributed by atoms with Gasteiger partial charge in [-0.1, -0.05) is 6.07 Å². The minimum atomic E-state index is 0.614. The summed E-state index contributed by atoms with van der Waals surface area (Å²) in [5.41, 5.74) is 2.25. The SMILES string of the molecule is IPn1ncc2c(NCc3ccco3)cccc21. The lowest BCUT2D eigenvalue weighted by Crippen LogP contribution is -1.98. The molecule has 0 bridgehead atoms. The van der Waals surface area contributed by atoms with Crippen LogP contribution in [-0.4, -0.2) is 9.55 Å². The number of fused-ring (bicyclic) bond motifs is 1. The second-order valence-electron chi connectivity index (χ2n) is 3.81. The van der Waals surface area contributed by atoms with Gasteiger partial charge in [0.1, 0.15) is 5.76 Å². The Morgan fingerprint density at radius 1 is 1.33 bits per heavy atom. The summed E-state index contributed by atoms with van der Waals surface area (Å²) in [5.74, 6) is 0.926. The summed E-state index contributed by atoms with van der Waals surface area (Å²) >= 11 is 2.33. The molecule has 0 spiro atoms. The van der Waals surface area contributed by atoms with Crippen molar-refractivity contribution in [2.24, 2.45) is 0 Å². The summed E-state index contributed by atoms with van der Waals surface area (Å²) in [7, 11) is 0. The average Bonchev–Trinajstić information content (AvgIpc) is 3.05. The molecule has 0 aliphatic heterocycles. The van der Waals surface area contributed by atoms with Crippen molar-refractivity contribution in [2.45, 2.75) is 6.54 Å². The van der Waals surface area contributed by atoms with Crippen LogP contribution < -0.4 is 5.32 Å². The minimum Gasteiger partial charge on any atom is -0.467 e. The molecule has 92 valence electrons. The van der Waals surface area contributed by atoms with Crippen molar-refractivity contribution in [2.75, 3.05) is 5.32 Å². The normalized spacial score (nSPS) is 11.6. The number of nitrogens with zero attached hydrogens (tertiary/aromatic N) is 2. The molecule has 2 aromatic heterocycles. The van der Waals surface area contributed by atoms with Gasteiger partial charge in [0.25, 0.3) is 0 Å². The number of rotatable bonds is 4. The van der Waals surface area contributed by atoms with Crippen LogP contribution in [0.15, 0.2) is 47.2 Å². The molecule has 1 atom stereocenters. The molecule has 0 aliphatic carbocycles. The standard InChI is InChI=1S/C12H11IN3OP/c13-18-16-12-5-1-4-11(10(12)8-15-16)14-7-9-3-2-6-17-9/h1-6,8,14,18H,7H2. The molecular formula is C12H11IN3OP. The van der Waals surface area contributed by atoms with Crippen LogP contribution in [0.1, 0.15) is 5.76 Å². The first-order valence-corrected chi connectivity index (χ1v) is 9.54. The highest BCUT2D eigenvalue weighted by molar-refractivity contribution is 14.2. The third kappa shape index (κ3) is 2.24. The Balaban J connectivity index is 1.90. The number of hydrogen-bond acceptors (Lipinski definition) is 3. The predicted molar refractivity (Wildman–Crippen MR) is 83.5 cm³/mol.